The lowest BCUT2D eigenvalue weighted by Gasteiger charge is -2.18. The molecule has 4 nitrogen and oxygen atoms in total. The average Bonchev–Trinajstić information content (AvgIpc) is 2.96. The van der Waals surface area contributed by atoms with Crippen LogP contribution in [0, 0.1) is 11.8 Å². The van der Waals surface area contributed by atoms with Crippen molar-refractivity contribution in [1.29, 1.82) is 0 Å². The van der Waals surface area contributed by atoms with E-state index in [1.165, 1.54) is 0 Å². The third-order valence-electron chi connectivity index (χ3n) is 2.79. The van der Waals surface area contributed by atoms with E-state index in [4.69, 9.17) is 5.11 Å². The summed E-state index contributed by atoms with van der Waals surface area (Å²) in [6, 6.07) is -1.90. The molecule has 0 heterocycles. The standard InChI is InChI=1S/C10H14F3NO3/c1-5(6-2-3-6)8(15)14-7(9(16)17)4-10(11,12)13/h5-7H,2-4H2,1H3,(H,14,15)(H,16,17). The largest absolute Gasteiger partial charge is 0.480 e. The summed E-state index contributed by atoms with van der Waals surface area (Å²) in [7, 11) is 0. The predicted octanol–water partition coefficient (Wildman–Crippen LogP) is 1.55. The fourth-order valence-corrected chi connectivity index (χ4v) is 1.55. The molecule has 0 spiro atoms. The van der Waals surface area contributed by atoms with E-state index in [1.54, 1.807) is 6.92 Å². The Hall–Kier alpha value is -1.27. The van der Waals surface area contributed by atoms with E-state index in [-0.39, 0.29) is 5.92 Å². The fourth-order valence-electron chi connectivity index (χ4n) is 1.55. The van der Waals surface area contributed by atoms with Gasteiger partial charge in [-0.05, 0) is 18.8 Å². The number of halogens is 3. The van der Waals surface area contributed by atoms with E-state index >= 15 is 0 Å². The summed E-state index contributed by atoms with van der Waals surface area (Å²) < 4.78 is 36.2. The van der Waals surface area contributed by atoms with Crippen LogP contribution in [0.1, 0.15) is 26.2 Å². The summed E-state index contributed by atoms with van der Waals surface area (Å²) in [6.07, 6.45) is -4.43. The summed E-state index contributed by atoms with van der Waals surface area (Å²) >= 11 is 0. The van der Waals surface area contributed by atoms with Gasteiger partial charge in [0.05, 0.1) is 6.42 Å². The van der Waals surface area contributed by atoms with Crippen molar-refractivity contribution in [3.05, 3.63) is 0 Å². The van der Waals surface area contributed by atoms with Crippen molar-refractivity contribution in [3.8, 4) is 0 Å². The van der Waals surface area contributed by atoms with E-state index in [0.717, 1.165) is 12.8 Å². The maximum absolute atomic E-state index is 12.1. The van der Waals surface area contributed by atoms with Crippen LogP contribution < -0.4 is 5.32 Å². The fraction of sp³-hybridized carbons (Fsp3) is 0.800. The molecular formula is C10H14F3NO3. The molecule has 98 valence electrons. The first-order valence-corrected chi connectivity index (χ1v) is 5.30. The normalized spacial score (nSPS) is 19.5. The van der Waals surface area contributed by atoms with Crippen molar-refractivity contribution in [2.45, 2.75) is 38.4 Å². The van der Waals surface area contributed by atoms with Crippen LogP contribution in [0.2, 0.25) is 0 Å². The molecule has 0 aromatic carbocycles. The second kappa shape index (κ2) is 4.93. The molecule has 1 aliphatic rings. The monoisotopic (exact) mass is 253 g/mol. The topological polar surface area (TPSA) is 66.4 Å². The van der Waals surface area contributed by atoms with Gasteiger partial charge >= 0.3 is 12.1 Å². The number of rotatable bonds is 5. The second-order valence-corrected chi connectivity index (χ2v) is 4.34. The van der Waals surface area contributed by atoms with Crippen LogP contribution in [0.25, 0.3) is 0 Å². The third-order valence-corrected chi connectivity index (χ3v) is 2.79. The van der Waals surface area contributed by atoms with Crippen molar-refractivity contribution in [3.63, 3.8) is 0 Å². The molecule has 2 N–H and O–H groups in total. The zero-order chi connectivity index (χ0) is 13.2. The molecule has 0 aromatic heterocycles. The Balaban J connectivity index is 2.54. The van der Waals surface area contributed by atoms with Crippen molar-refractivity contribution < 1.29 is 27.9 Å². The Morgan fingerprint density at radius 3 is 2.29 bits per heavy atom. The summed E-state index contributed by atoms with van der Waals surface area (Å²) in [5, 5.41) is 10.5. The van der Waals surface area contributed by atoms with Gasteiger partial charge in [0.2, 0.25) is 5.91 Å². The molecule has 0 aromatic rings. The molecule has 2 unspecified atom stereocenters. The zero-order valence-electron chi connectivity index (χ0n) is 9.25. The first kappa shape index (κ1) is 13.8. The van der Waals surface area contributed by atoms with Crippen LogP contribution in [0.3, 0.4) is 0 Å². The number of aliphatic carboxylic acids is 1. The highest BCUT2D eigenvalue weighted by Gasteiger charge is 2.39. The van der Waals surface area contributed by atoms with E-state index < -0.39 is 36.4 Å². The van der Waals surface area contributed by atoms with Gasteiger partial charge in [-0.1, -0.05) is 6.92 Å². The highest BCUT2D eigenvalue weighted by atomic mass is 19.4. The smallest absolute Gasteiger partial charge is 0.391 e. The minimum atomic E-state index is -4.61. The van der Waals surface area contributed by atoms with Gasteiger partial charge in [0.1, 0.15) is 6.04 Å². The van der Waals surface area contributed by atoms with Gasteiger partial charge in [-0.25, -0.2) is 4.79 Å². The average molecular weight is 253 g/mol. The molecule has 0 radical (unpaired) electrons. The number of carboxylic acids is 1. The second-order valence-electron chi connectivity index (χ2n) is 4.34. The van der Waals surface area contributed by atoms with Crippen molar-refractivity contribution in [2.24, 2.45) is 11.8 Å². The van der Waals surface area contributed by atoms with Gasteiger partial charge in [0, 0.05) is 5.92 Å². The molecule has 7 heteroatoms. The third kappa shape index (κ3) is 4.62. The number of amides is 1. The lowest BCUT2D eigenvalue weighted by Crippen LogP contribution is -2.45. The van der Waals surface area contributed by atoms with Gasteiger partial charge in [0.15, 0.2) is 0 Å². The van der Waals surface area contributed by atoms with Crippen LogP contribution in [-0.2, 0) is 9.59 Å². The summed E-state index contributed by atoms with van der Waals surface area (Å²) in [4.78, 5) is 22.1. The summed E-state index contributed by atoms with van der Waals surface area (Å²) in [5.41, 5.74) is 0. The number of nitrogens with one attached hydrogen (secondary N) is 1. The molecule has 0 saturated heterocycles. The highest BCUT2D eigenvalue weighted by Crippen LogP contribution is 2.36. The van der Waals surface area contributed by atoms with Gasteiger partial charge in [-0.15, -0.1) is 0 Å². The zero-order valence-corrected chi connectivity index (χ0v) is 9.25. The number of carboxylic acid groups (broad SMARTS) is 1. The van der Waals surface area contributed by atoms with Crippen LogP contribution in [0.15, 0.2) is 0 Å². The van der Waals surface area contributed by atoms with E-state index in [0.29, 0.717) is 0 Å². The first-order valence-electron chi connectivity index (χ1n) is 5.30. The van der Waals surface area contributed by atoms with Gasteiger partial charge in [0.25, 0.3) is 0 Å². The number of carbonyl (C=O) groups excluding carboxylic acids is 1. The number of hydrogen-bond acceptors (Lipinski definition) is 2. The Kier molecular flexibility index (Phi) is 4.00. The lowest BCUT2D eigenvalue weighted by molar-refractivity contribution is -0.160. The number of hydrogen-bond donors (Lipinski definition) is 2. The molecule has 1 aliphatic carbocycles. The Bertz CT molecular complexity index is 312. The SMILES string of the molecule is CC(C(=O)NC(CC(F)(F)F)C(=O)O)C1CC1. The number of carbonyl (C=O) groups is 2. The quantitative estimate of drug-likeness (QED) is 0.781. The molecule has 1 rings (SSSR count). The first-order chi connectivity index (χ1) is 7.70. The highest BCUT2D eigenvalue weighted by molar-refractivity contribution is 5.85. The summed E-state index contributed by atoms with van der Waals surface area (Å²) in [5.74, 6) is -2.54. The molecule has 2 atom stereocenters. The Morgan fingerprint density at radius 2 is 1.94 bits per heavy atom. The van der Waals surface area contributed by atoms with Crippen molar-refractivity contribution in [1.82, 2.24) is 5.32 Å². The van der Waals surface area contributed by atoms with Gasteiger partial charge < -0.3 is 10.4 Å². The molecule has 17 heavy (non-hydrogen) atoms. The molecule has 0 bridgehead atoms. The van der Waals surface area contributed by atoms with Crippen LogP contribution in [0.4, 0.5) is 13.2 Å². The molecule has 0 aliphatic heterocycles. The van der Waals surface area contributed by atoms with E-state index in [2.05, 4.69) is 0 Å². The molecule has 1 saturated carbocycles. The van der Waals surface area contributed by atoms with E-state index in [9.17, 15) is 22.8 Å². The maximum atomic E-state index is 12.1. The Morgan fingerprint density at radius 1 is 1.41 bits per heavy atom. The Labute approximate surface area is 96.2 Å². The molecule has 1 amide bonds. The van der Waals surface area contributed by atoms with Crippen LogP contribution in [0.5, 0.6) is 0 Å². The van der Waals surface area contributed by atoms with Crippen molar-refractivity contribution >= 4 is 11.9 Å². The maximum Gasteiger partial charge on any atom is 0.391 e. The lowest BCUT2D eigenvalue weighted by atomic mass is 10.0. The molecule has 1 fully saturated rings. The van der Waals surface area contributed by atoms with Gasteiger partial charge in [-0.3, -0.25) is 4.79 Å². The summed E-state index contributed by atoms with van der Waals surface area (Å²) in [6.45, 7) is 1.60. The minimum Gasteiger partial charge on any atom is -0.480 e. The van der Waals surface area contributed by atoms with Gasteiger partial charge in [-0.2, -0.15) is 13.2 Å². The van der Waals surface area contributed by atoms with Crippen molar-refractivity contribution in [2.75, 3.05) is 0 Å². The molecular weight excluding hydrogens is 239 g/mol. The van der Waals surface area contributed by atoms with E-state index in [1.807, 2.05) is 5.32 Å². The minimum absolute atomic E-state index is 0.176. The van der Waals surface area contributed by atoms with Crippen LogP contribution in [-0.4, -0.2) is 29.2 Å². The predicted molar refractivity (Wildman–Crippen MR) is 52.1 cm³/mol. The van der Waals surface area contributed by atoms with Crippen LogP contribution >= 0.6 is 0 Å². The number of alkyl halides is 3.